The highest BCUT2D eigenvalue weighted by Crippen LogP contribution is 2.28. The van der Waals surface area contributed by atoms with E-state index in [1.54, 1.807) is 6.92 Å². The Kier molecular flexibility index (Phi) is 6.10. The molecule has 0 aromatic heterocycles. The van der Waals surface area contributed by atoms with Gasteiger partial charge in [0, 0.05) is 20.8 Å². The van der Waals surface area contributed by atoms with Gasteiger partial charge in [-0.3, -0.25) is 14.4 Å². The standard InChI is InChI=1S/C13H20O8/c1-6-11(19-7(2)15)13(21-9(4)17)12(20-8(3)16)10(5-14)18-6/h6,10-14H,5H2,1-4H3/t6-,10?,11?,12+,13+/m0/s1. The highest BCUT2D eigenvalue weighted by molar-refractivity contribution is 5.68. The number of ether oxygens (including phenoxy) is 4. The fourth-order valence-corrected chi connectivity index (χ4v) is 2.26. The first-order chi connectivity index (χ1) is 9.76. The summed E-state index contributed by atoms with van der Waals surface area (Å²) in [7, 11) is 0. The van der Waals surface area contributed by atoms with Crippen molar-refractivity contribution in [2.24, 2.45) is 0 Å². The Hall–Kier alpha value is -1.67. The summed E-state index contributed by atoms with van der Waals surface area (Å²) >= 11 is 0. The Bertz CT molecular complexity index is 407. The van der Waals surface area contributed by atoms with Crippen LogP contribution in [0, 0.1) is 0 Å². The molecule has 1 heterocycles. The van der Waals surface area contributed by atoms with E-state index in [1.165, 1.54) is 20.8 Å². The van der Waals surface area contributed by atoms with E-state index in [0.717, 1.165) is 0 Å². The second kappa shape index (κ2) is 7.37. The average molecular weight is 304 g/mol. The van der Waals surface area contributed by atoms with Crippen molar-refractivity contribution in [2.45, 2.75) is 58.2 Å². The molecule has 1 N–H and O–H groups in total. The van der Waals surface area contributed by atoms with Gasteiger partial charge >= 0.3 is 17.9 Å². The lowest BCUT2D eigenvalue weighted by Gasteiger charge is -2.43. The molecule has 1 saturated heterocycles. The zero-order valence-electron chi connectivity index (χ0n) is 12.4. The van der Waals surface area contributed by atoms with Crippen LogP contribution in [0.2, 0.25) is 0 Å². The van der Waals surface area contributed by atoms with Crippen LogP contribution in [0.15, 0.2) is 0 Å². The predicted molar refractivity (Wildman–Crippen MR) is 68.1 cm³/mol. The number of carbonyl (C=O) groups is 3. The van der Waals surface area contributed by atoms with Crippen molar-refractivity contribution in [3.05, 3.63) is 0 Å². The van der Waals surface area contributed by atoms with Crippen LogP contribution < -0.4 is 0 Å². The van der Waals surface area contributed by atoms with Gasteiger partial charge in [0.25, 0.3) is 0 Å². The molecule has 8 heteroatoms. The predicted octanol–water partition coefficient (Wildman–Crippen LogP) is -0.439. The van der Waals surface area contributed by atoms with Gasteiger partial charge in [0.2, 0.25) is 0 Å². The van der Waals surface area contributed by atoms with Gasteiger partial charge < -0.3 is 24.1 Å². The minimum absolute atomic E-state index is 0.438. The number of aliphatic hydroxyl groups is 1. The van der Waals surface area contributed by atoms with Crippen LogP contribution in [0.3, 0.4) is 0 Å². The Morgan fingerprint density at radius 1 is 0.905 bits per heavy atom. The topological polar surface area (TPSA) is 108 Å². The van der Waals surface area contributed by atoms with Crippen LogP contribution >= 0.6 is 0 Å². The van der Waals surface area contributed by atoms with Crippen LogP contribution in [0.5, 0.6) is 0 Å². The molecule has 0 spiro atoms. The van der Waals surface area contributed by atoms with Gasteiger partial charge in [0.05, 0.1) is 12.7 Å². The fourth-order valence-electron chi connectivity index (χ4n) is 2.26. The molecule has 8 nitrogen and oxygen atoms in total. The molecule has 0 saturated carbocycles. The summed E-state index contributed by atoms with van der Waals surface area (Å²) in [4.78, 5) is 33.7. The van der Waals surface area contributed by atoms with Crippen molar-refractivity contribution >= 4 is 17.9 Å². The number of hydrogen-bond acceptors (Lipinski definition) is 8. The molecular formula is C13H20O8. The van der Waals surface area contributed by atoms with Crippen molar-refractivity contribution in [3.63, 3.8) is 0 Å². The maximum Gasteiger partial charge on any atom is 0.303 e. The van der Waals surface area contributed by atoms with Crippen LogP contribution in [0.25, 0.3) is 0 Å². The first kappa shape index (κ1) is 17.4. The van der Waals surface area contributed by atoms with Gasteiger partial charge in [-0.15, -0.1) is 0 Å². The van der Waals surface area contributed by atoms with E-state index in [0.29, 0.717) is 0 Å². The Balaban J connectivity index is 3.08. The second-order valence-electron chi connectivity index (χ2n) is 4.78. The molecular weight excluding hydrogens is 284 g/mol. The third-order valence-electron chi connectivity index (χ3n) is 2.95. The van der Waals surface area contributed by atoms with E-state index in [9.17, 15) is 19.5 Å². The molecule has 21 heavy (non-hydrogen) atoms. The highest BCUT2D eigenvalue weighted by atomic mass is 16.6. The van der Waals surface area contributed by atoms with Crippen molar-refractivity contribution < 1.29 is 38.4 Å². The lowest BCUT2D eigenvalue weighted by Crippen LogP contribution is -2.61. The molecule has 0 aliphatic carbocycles. The zero-order valence-corrected chi connectivity index (χ0v) is 12.4. The average Bonchev–Trinajstić information content (AvgIpc) is 2.35. The van der Waals surface area contributed by atoms with Gasteiger partial charge in [-0.2, -0.15) is 0 Å². The normalized spacial score (nSPS) is 32.1. The molecule has 0 aromatic rings. The summed E-state index contributed by atoms with van der Waals surface area (Å²) in [6.07, 6.45) is -4.55. The first-order valence-electron chi connectivity index (χ1n) is 6.54. The van der Waals surface area contributed by atoms with Crippen molar-refractivity contribution in [3.8, 4) is 0 Å². The first-order valence-corrected chi connectivity index (χ1v) is 6.54. The fraction of sp³-hybridized carbons (Fsp3) is 0.769. The number of carbonyl (C=O) groups excluding carboxylic acids is 3. The minimum Gasteiger partial charge on any atom is -0.456 e. The van der Waals surface area contributed by atoms with Crippen molar-refractivity contribution in [1.82, 2.24) is 0 Å². The van der Waals surface area contributed by atoms with E-state index < -0.39 is 55.0 Å². The summed E-state index contributed by atoms with van der Waals surface area (Å²) in [5.41, 5.74) is 0. The smallest absolute Gasteiger partial charge is 0.303 e. The lowest BCUT2D eigenvalue weighted by atomic mass is 9.95. The third-order valence-corrected chi connectivity index (χ3v) is 2.95. The van der Waals surface area contributed by atoms with E-state index in [4.69, 9.17) is 18.9 Å². The maximum atomic E-state index is 11.3. The van der Waals surface area contributed by atoms with Gasteiger partial charge in [-0.05, 0) is 6.92 Å². The number of hydrogen-bond donors (Lipinski definition) is 1. The molecule has 1 aliphatic rings. The van der Waals surface area contributed by atoms with Crippen LogP contribution in [-0.2, 0) is 33.3 Å². The molecule has 120 valence electrons. The Morgan fingerprint density at radius 2 is 1.33 bits per heavy atom. The van der Waals surface area contributed by atoms with Crippen molar-refractivity contribution in [1.29, 1.82) is 0 Å². The molecule has 5 atom stereocenters. The molecule has 2 unspecified atom stereocenters. The molecule has 0 amide bonds. The number of aliphatic hydroxyl groups excluding tert-OH is 1. The third kappa shape index (κ3) is 4.68. The molecule has 0 bridgehead atoms. The molecule has 1 fully saturated rings. The number of esters is 3. The van der Waals surface area contributed by atoms with Crippen LogP contribution in [0.1, 0.15) is 27.7 Å². The van der Waals surface area contributed by atoms with Gasteiger partial charge in [0.1, 0.15) is 6.10 Å². The maximum absolute atomic E-state index is 11.3. The van der Waals surface area contributed by atoms with Crippen LogP contribution in [-0.4, -0.2) is 60.1 Å². The molecule has 0 radical (unpaired) electrons. The zero-order chi connectivity index (χ0) is 16.2. The van der Waals surface area contributed by atoms with Gasteiger partial charge in [-0.25, -0.2) is 0 Å². The summed E-state index contributed by atoms with van der Waals surface area (Å²) in [6.45, 7) is 4.74. The molecule has 0 aromatic carbocycles. The molecule has 1 rings (SSSR count). The largest absolute Gasteiger partial charge is 0.456 e. The summed E-state index contributed by atoms with van der Waals surface area (Å²) in [6, 6.07) is 0. The Labute approximate surface area is 122 Å². The second-order valence-corrected chi connectivity index (χ2v) is 4.78. The SMILES string of the molecule is CC(=O)OC1[C@H](C)OC(CO)[C@@H](OC(C)=O)[C@@H]1OC(C)=O. The van der Waals surface area contributed by atoms with Gasteiger partial charge in [-0.1, -0.05) is 0 Å². The van der Waals surface area contributed by atoms with E-state index >= 15 is 0 Å². The quantitative estimate of drug-likeness (QED) is 0.550. The summed E-state index contributed by atoms with van der Waals surface area (Å²) in [5, 5.41) is 9.35. The van der Waals surface area contributed by atoms with Crippen molar-refractivity contribution in [2.75, 3.05) is 6.61 Å². The van der Waals surface area contributed by atoms with E-state index in [1.807, 2.05) is 0 Å². The van der Waals surface area contributed by atoms with Crippen LogP contribution in [0.4, 0.5) is 0 Å². The Morgan fingerprint density at radius 3 is 1.76 bits per heavy atom. The highest BCUT2D eigenvalue weighted by Gasteiger charge is 2.49. The summed E-state index contributed by atoms with van der Waals surface area (Å²) in [5.74, 6) is -1.84. The van der Waals surface area contributed by atoms with E-state index in [-0.39, 0.29) is 0 Å². The van der Waals surface area contributed by atoms with Gasteiger partial charge in [0.15, 0.2) is 18.3 Å². The summed E-state index contributed by atoms with van der Waals surface area (Å²) < 4.78 is 20.8. The lowest BCUT2D eigenvalue weighted by molar-refractivity contribution is -0.248. The monoisotopic (exact) mass is 304 g/mol. The molecule has 1 aliphatic heterocycles. The minimum atomic E-state index is -1.06. The number of rotatable bonds is 4. The van der Waals surface area contributed by atoms with E-state index in [2.05, 4.69) is 0 Å².